The van der Waals surface area contributed by atoms with E-state index in [2.05, 4.69) is 4.98 Å². The van der Waals surface area contributed by atoms with E-state index in [1.54, 1.807) is 0 Å². The molecule has 2 aromatic carbocycles. The summed E-state index contributed by atoms with van der Waals surface area (Å²) < 4.78 is 28.6. The Morgan fingerprint density at radius 2 is 1.83 bits per heavy atom. The summed E-state index contributed by atoms with van der Waals surface area (Å²) in [7, 11) is 0. The molecule has 122 valence electrons. The SMILES string of the molecule is CCN(c1ccccc1)c1nc(=N)n(C=N)c2cc(F)c(F)cc12. The van der Waals surface area contributed by atoms with Crippen molar-refractivity contribution in [3.05, 3.63) is 59.7 Å². The van der Waals surface area contributed by atoms with Crippen LogP contribution >= 0.6 is 0 Å². The number of hydrogen-bond donors (Lipinski definition) is 2. The third-order valence-corrected chi connectivity index (χ3v) is 3.75. The topological polar surface area (TPSA) is 68.8 Å². The van der Waals surface area contributed by atoms with E-state index in [0.717, 1.165) is 28.7 Å². The molecule has 24 heavy (non-hydrogen) atoms. The van der Waals surface area contributed by atoms with Crippen molar-refractivity contribution in [2.45, 2.75) is 6.92 Å². The van der Waals surface area contributed by atoms with Gasteiger partial charge in [-0.15, -0.1) is 0 Å². The van der Waals surface area contributed by atoms with Crippen molar-refractivity contribution in [2.24, 2.45) is 0 Å². The molecule has 7 heteroatoms. The molecule has 5 nitrogen and oxygen atoms in total. The highest BCUT2D eigenvalue weighted by molar-refractivity contribution is 5.94. The smallest absolute Gasteiger partial charge is 0.229 e. The lowest BCUT2D eigenvalue weighted by Gasteiger charge is -2.24. The lowest BCUT2D eigenvalue weighted by Crippen LogP contribution is -2.28. The average molecular weight is 327 g/mol. The van der Waals surface area contributed by atoms with Crippen LogP contribution in [0.2, 0.25) is 0 Å². The summed E-state index contributed by atoms with van der Waals surface area (Å²) in [5, 5.41) is 15.8. The van der Waals surface area contributed by atoms with Crippen LogP contribution in [0.1, 0.15) is 6.92 Å². The Bertz CT molecular complexity index is 966. The first-order valence-electron chi connectivity index (χ1n) is 7.36. The Kier molecular flexibility index (Phi) is 4.07. The van der Waals surface area contributed by atoms with Gasteiger partial charge in [0.25, 0.3) is 0 Å². The van der Waals surface area contributed by atoms with Gasteiger partial charge >= 0.3 is 0 Å². The molecule has 0 unspecified atom stereocenters. The van der Waals surface area contributed by atoms with Crippen molar-refractivity contribution in [3.8, 4) is 0 Å². The van der Waals surface area contributed by atoms with Crippen molar-refractivity contribution < 1.29 is 8.78 Å². The van der Waals surface area contributed by atoms with Gasteiger partial charge in [0, 0.05) is 23.7 Å². The minimum absolute atomic E-state index is 0.216. The first-order chi connectivity index (χ1) is 11.6. The van der Waals surface area contributed by atoms with Crippen molar-refractivity contribution >= 4 is 28.7 Å². The van der Waals surface area contributed by atoms with Crippen LogP contribution < -0.4 is 10.5 Å². The van der Waals surface area contributed by atoms with Crippen molar-refractivity contribution in [1.29, 1.82) is 10.8 Å². The second-order valence-corrected chi connectivity index (χ2v) is 5.12. The quantitative estimate of drug-likeness (QED) is 0.569. The van der Waals surface area contributed by atoms with E-state index in [-0.39, 0.29) is 11.1 Å². The van der Waals surface area contributed by atoms with Gasteiger partial charge < -0.3 is 4.90 Å². The standard InChI is InChI=1S/C17H15F2N5/c1-2-23(11-6-4-3-5-7-11)16-12-8-13(18)14(19)9-15(12)24(10-20)17(21)22-16/h3-10,20-21H,2H2,1H3. The molecule has 0 amide bonds. The summed E-state index contributed by atoms with van der Waals surface area (Å²) in [5.41, 5.74) is 0.812. The number of para-hydroxylation sites is 1. The molecule has 0 atom stereocenters. The number of fused-ring (bicyclic) bond motifs is 1. The maximum Gasteiger partial charge on any atom is 0.229 e. The zero-order chi connectivity index (χ0) is 17.3. The first-order valence-corrected chi connectivity index (χ1v) is 7.36. The fourth-order valence-electron chi connectivity index (χ4n) is 2.64. The van der Waals surface area contributed by atoms with Gasteiger partial charge in [0.2, 0.25) is 5.62 Å². The van der Waals surface area contributed by atoms with Crippen molar-refractivity contribution in [1.82, 2.24) is 9.55 Å². The summed E-state index contributed by atoms with van der Waals surface area (Å²) in [4.78, 5) is 6.02. The fraction of sp³-hybridized carbons (Fsp3) is 0.118. The highest BCUT2D eigenvalue weighted by Crippen LogP contribution is 2.30. The molecule has 0 aliphatic rings. The Morgan fingerprint density at radius 1 is 1.17 bits per heavy atom. The number of nitrogens with zero attached hydrogens (tertiary/aromatic N) is 3. The number of nitrogens with one attached hydrogen (secondary N) is 2. The van der Waals surface area contributed by atoms with E-state index in [4.69, 9.17) is 10.8 Å². The van der Waals surface area contributed by atoms with E-state index in [1.165, 1.54) is 0 Å². The molecule has 1 heterocycles. The second-order valence-electron chi connectivity index (χ2n) is 5.12. The van der Waals surface area contributed by atoms with Gasteiger partial charge in [-0.1, -0.05) is 18.2 Å². The molecule has 3 rings (SSSR count). The lowest BCUT2D eigenvalue weighted by molar-refractivity contribution is 0.510. The van der Waals surface area contributed by atoms with Crippen LogP contribution in [0.4, 0.5) is 20.3 Å². The maximum absolute atomic E-state index is 13.8. The zero-order valence-electron chi connectivity index (χ0n) is 12.9. The highest BCUT2D eigenvalue weighted by Gasteiger charge is 2.17. The molecule has 0 aliphatic heterocycles. The summed E-state index contributed by atoms with van der Waals surface area (Å²) in [6.07, 6.45) is 0.859. The Morgan fingerprint density at radius 3 is 2.46 bits per heavy atom. The normalized spacial score (nSPS) is 10.8. The minimum Gasteiger partial charge on any atom is -0.326 e. The molecule has 0 saturated heterocycles. The predicted octanol–water partition coefficient (Wildman–Crippen LogP) is 3.41. The molecule has 2 N–H and O–H groups in total. The van der Waals surface area contributed by atoms with E-state index in [0.29, 0.717) is 17.7 Å². The summed E-state index contributed by atoms with van der Waals surface area (Å²) >= 11 is 0. The molecule has 3 aromatic rings. The van der Waals surface area contributed by atoms with Gasteiger partial charge in [-0.05, 0) is 25.1 Å². The van der Waals surface area contributed by atoms with Gasteiger partial charge in [-0.25, -0.2) is 8.78 Å². The number of hydrogen-bond acceptors (Lipinski definition) is 4. The van der Waals surface area contributed by atoms with Gasteiger partial charge in [-0.2, -0.15) is 4.98 Å². The van der Waals surface area contributed by atoms with Crippen LogP contribution in [0.15, 0.2) is 42.5 Å². The third-order valence-electron chi connectivity index (χ3n) is 3.75. The summed E-state index contributed by atoms with van der Waals surface area (Å²) in [5.74, 6) is -1.68. The van der Waals surface area contributed by atoms with Gasteiger partial charge in [0.15, 0.2) is 11.6 Å². The van der Waals surface area contributed by atoms with E-state index in [9.17, 15) is 8.78 Å². The largest absolute Gasteiger partial charge is 0.326 e. The molecule has 0 radical (unpaired) electrons. The Labute approximate surface area is 136 Å². The van der Waals surface area contributed by atoms with E-state index < -0.39 is 11.6 Å². The number of halogens is 2. The Hall–Kier alpha value is -3.09. The Balaban J connectivity index is 2.37. The highest BCUT2D eigenvalue weighted by atomic mass is 19.2. The molecule has 0 aliphatic carbocycles. The van der Waals surface area contributed by atoms with Crippen molar-refractivity contribution in [2.75, 3.05) is 11.4 Å². The van der Waals surface area contributed by atoms with Crippen LogP contribution in [0.5, 0.6) is 0 Å². The van der Waals surface area contributed by atoms with E-state index in [1.807, 2.05) is 42.2 Å². The number of aromatic nitrogens is 2. The number of benzene rings is 2. The van der Waals surface area contributed by atoms with Crippen molar-refractivity contribution in [3.63, 3.8) is 0 Å². The molecular weight excluding hydrogens is 312 g/mol. The molecular formula is C17H15F2N5. The summed E-state index contributed by atoms with van der Waals surface area (Å²) in [6.45, 7) is 2.43. The third kappa shape index (κ3) is 2.54. The zero-order valence-corrected chi connectivity index (χ0v) is 12.9. The number of anilines is 2. The van der Waals surface area contributed by atoms with E-state index >= 15 is 0 Å². The maximum atomic E-state index is 13.8. The average Bonchev–Trinajstić information content (AvgIpc) is 2.58. The summed E-state index contributed by atoms with van der Waals surface area (Å²) in [6, 6.07) is 11.4. The number of rotatable bonds is 4. The van der Waals surface area contributed by atoms with Crippen LogP contribution in [-0.2, 0) is 0 Å². The molecule has 1 aromatic heterocycles. The van der Waals surface area contributed by atoms with Crippen LogP contribution in [0, 0.1) is 22.5 Å². The molecule has 0 fully saturated rings. The van der Waals surface area contributed by atoms with Crippen LogP contribution in [-0.4, -0.2) is 22.4 Å². The van der Waals surface area contributed by atoms with Crippen LogP contribution in [0.3, 0.4) is 0 Å². The van der Waals surface area contributed by atoms with Gasteiger partial charge in [0.05, 0.1) is 11.9 Å². The fourth-order valence-corrected chi connectivity index (χ4v) is 2.64. The first kappa shape index (κ1) is 15.8. The van der Waals surface area contributed by atoms with Gasteiger partial charge in [0.1, 0.15) is 5.82 Å². The van der Waals surface area contributed by atoms with Gasteiger partial charge in [-0.3, -0.25) is 15.4 Å². The molecule has 0 spiro atoms. The molecule has 0 saturated carbocycles. The van der Waals surface area contributed by atoms with Crippen LogP contribution in [0.25, 0.3) is 10.9 Å². The predicted molar refractivity (Wildman–Crippen MR) is 88.8 cm³/mol. The minimum atomic E-state index is -1.03. The molecule has 0 bridgehead atoms. The lowest BCUT2D eigenvalue weighted by atomic mass is 10.2. The second kappa shape index (κ2) is 6.19. The monoisotopic (exact) mass is 327 g/mol.